The summed E-state index contributed by atoms with van der Waals surface area (Å²) in [6, 6.07) is 5.46. The first-order chi connectivity index (χ1) is 13.5. The van der Waals surface area contributed by atoms with E-state index in [-0.39, 0.29) is 17.4 Å². The number of ether oxygens (including phenoxy) is 2. The fourth-order valence-electron chi connectivity index (χ4n) is 4.08. The van der Waals surface area contributed by atoms with Crippen LogP contribution in [0.3, 0.4) is 0 Å². The maximum atomic E-state index is 12.3. The van der Waals surface area contributed by atoms with Gasteiger partial charge in [-0.05, 0) is 48.8 Å². The lowest BCUT2D eigenvalue weighted by Crippen LogP contribution is -2.38. The third-order valence-corrected chi connectivity index (χ3v) is 6.86. The lowest BCUT2D eigenvalue weighted by Gasteiger charge is -2.26. The molecule has 0 radical (unpaired) electrons. The number of carbonyl (C=O) groups excluding carboxylic acids is 1. The molecule has 3 rings (SSSR count). The van der Waals surface area contributed by atoms with Crippen molar-refractivity contribution in [2.45, 2.75) is 37.7 Å². The number of aliphatic hydroxyl groups excluding tert-OH is 1. The van der Waals surface area contributed by atoms with Gasteiger partial charge in [-0.25, -0.2) is 4.79 Å². The van der Waals surface area contributed by atoms with Gasteiger partial charge in [-0.3, -0.25) is 4.90 Å². The van der Waals surface area contributed by atoms with E-state index in [1.54, 1.807) is 6.07 Å². The number of hydrogen-bond acceptors (Lipinski definition) is 5. The average Bonchev–Trinajstić information content (AvgIpc) is 2.92. The highest BCUT2D eigenvalue weighted by molar-refractivity contribution is 6.33. The SMILES string of the molecule is CC1C(Cl)CC(O)[C@@H]1CCc1ccc(C(=O)OCCN2CCOCC2)c(Cl)c1. The van der Waals surface area contributed by atoms with Crippen LogP contribution in [0.25, 0.3) is 0 Å². The third-order valence-electron chi connectivity index (χ3n) is 5.97. The largest absolute Gasteiger partial charge is 0.461 e. The molecule has 2 fully saturated rings. The topological polar surface area (TPSA) is 59.0 Å². The first kappa shape index (κ1) is 21.8. The summed E-state index contributed by atoms with van der Waals surface area (Å²) in [6.45, 7) is 6.33. The molecule has 1 saturated carbocycles. The van der Waals surface area contributed by atoms with Crippen LogP contribution in [0.15, 0.2) is 18.2 Å². The standard InChI is InChI=1S/C21H29Cl2NO4/c1-14-16(20(25)13-18(14)22)4-2-15-3-5-17(19(23)12-15)21(26)28-11-8-24-6-9-27-10-7-24/h3,5,12,14,16,18,20,25H,2,4,6-11,13H2,1H3/t14?,16-,18?,20?/m1/s1. The van der Waals surface area contributed by atoms with E-state index in [9.17, 15) is 9.90 Å². The number of carbonyl (C=O) groups is 1. The predicted molar refractivity (Wildman–Crippen MR) is 110 cm³/mol. The fraction of sp³-hybridized carbons (Fsp3) is 0.667. The molecule has 156 valence electrons. The monoisotopic (exact) mass is 429 g/mol. The van der Waals surface area contributed by atoms with Gasteiger partial charge in [0.05, 0.1) is 29.9 Å². The molecule has 0 spiro atoms. The van der Waals surface area contributed by atoms with Gasteiger partial charge in [0.1, 0.15) is 6.61 Å². The Kier molecular flexibility index (Phi) is 8.01. The van der Waals surface area contributed by atoms with E-state index in [1.165, 1.54) is 0 Å². The van der Waals surface area contributed by atoms with Gasteiger partial charge in [0.15, 0.2) is 0 Å². The zero-order chi connectivity index (χ0) is 20.1. The Hall–Kier alpha value is -0.850. The lowest BCUT2D eigenvalue weighted by atomic mass is 9.90. The van der Waals surface area contributed by atoms with Crippen molar-refractivity contribution in [3.05, 3.63) is 34.3 Å². The number of halogens is 2. The van der Waals surface area contributed by atoms with Gasteiger partial charge in [-0.1, -0.05) is 24.6 Å². The molecule has 1 aliphatic carbocycles. The maximum absolute atomic E-state index is 12.3. The molecule has 2 aliphatic rings. The number of aliphatic hydroxyl groups is 1. The number of esters is 1. The molecule has 5 nitrogen and oxygen atoms in total. The van der Waals surface area contributed by atoms with Crippen LogP contribution in [-0.2, 0) is 15.9 Å². The van der Waals surface area contributed by atoms with E-state index in [2.05, 4.69) is 11.8 Å². The van der Waals surface area contributed by atoms with Gasteiger partial charge >= 0.3 is 5.97 Å². The molecule has 1 saturated heterocycles. The Balaban J connectivity index is 1.48. The van der Waals surface area contributed by atoms with Crippen molar-refractivity contribution in [3.63, 3.8) is 0 Å². The summed E-state index contributed by atoms with van der Waals surface area (Å²) in [7, 11) is 0. The smallest absolute Gasteiger partial charge is 0.339 e. The van der Waals surface area contributed by atoms with Crippen molar-refractivity contribution in [1.29, 1.82) is 0 Å². The Morgan fingerprint density at radius 2 is 2.11 bits per heavy atom. The second kappa shape index (κ2) is 10.3. The summed E-state index contributed by atoms with van der Waals surface area (Å²) in [5.74, 6) is 0.105. The van der Waals surface area contributed by atoms with E-state index >= 15 is 0 Å². The summed E-state index contributed by atoms with van der Waals surface area (Å²) < 4.78 is 10.7. The van der Waals surface area contributed by atoms with Gasteiger partial charge in [-0.2, -0.15) is 0 Å². The van der Waals surface area contributed by atoms with Crippen molar-refractivity contribution in [3.8, 4) is 0 Å². The fourth-order valence-corrected chi connectivity index (χ4v) is 4.73. The number of alkyl halides is 1. The van der Waals surface area contributed by atoms with Crippen molar-refractivity contribution in [2.75, 3.05) is 39.5 Å². The number of aryl methyl sites for hydroxylation is 1. The normalized spacial score (nSPS) is 28.4. The van der Waals surface area contributed by atoms with Crippen molar-refractivity contribution in [1.82, 2.24) is 4.90 Å². The second-order valence-corrected chi connectivity index (χ2v) is 8.75. The molecule has 28 heavy (non-hydrogen) atoms. The van der Waals surface area contributed by atoms with Crippen LogP contribution in [-0.4, -0.2) is 66.9 Å². The molecule has 7 heteroatoms. The van der Waals surface area contributed by atoms with Crippen LogP contribution >= 0.6 is 23.2 Å². The molecular formula is C21H29Cl2NO4. The Morgan fingerprint density at radius 3 is 2.75 bits per heavy atom. The molecule has 1 heterocycles. The first-order valence-electron chi connectivity index (χ1n) is 10.0. The van der Waals surface area contributed by atoms with Crippen LogP contribution in [0.5, 0.6) is 0 Å². The molecular weight excluding hydrogens is 401 g/mol. The van der Waals surface area contributed by atoms with Crippen molar-refractivity contribution >= 4 is 29.2 Å². The number of rotatable bonds is 7. The summed E-state index contributed by atoms with van der Waals surface area (Å²) in [6.07, 6.45) is 1.96. The van der Waals surface area contributed by atoms with Crippen LogP contribution in [0, 0.1) is 11.8 Å². The average molecular weight is 430 g/mol. The summed E-state index contributed by atoms with van der Waals surface area (Å²) >= 11 is 12.6. The molecule has 1 aromatic carbocycles. The summed E-state index contributed by atoms with van der Waals surface area (Å²) in [5, 5.41) is 10.6. The quantitative estimate of drug-likeness (QED) is 0.531. The zero-order valence-corrected chi connectivity index (χ0v) is 17.8. The predicted octanol–water partition coefficient (Wildman–Crippen LogP) is 3.39. The van der Waals surface area contributed by atoms with Gasteiger partial charge in [-0.15, -0.1) is 11.6 Å². The number of nitrogens with zero attached hydrogens (tertiary/aromatic N) is 1. The van der Waals surface area contributed by atoms with E-state index in [1.807, 2.05) is 12.1 Å². The number of benzene rings is 1. The van der Waals surface area contributed by atoms with E-state index < -0.39 is 5.97 Å². The first-order valence-corrected chi connectivity index (χ1v) is 10.8. The highest BCUT2D eigenvalue weighted by Crippen LogP contribution is 2.38. The minimum absolute atomic E-state index is 0.0400. The van der Waals surface area contributed by atoms with Crippen LogP contribution in [0.2, 0.25) is 5.02 Å². The molecule has 0 aromatic heterocycles. The van der Waals surface area contributed by atoms with Crippen molar-refractivity contribution in [2.24, 2.45) is 11.8 Å². The van der Waals surface area contributed by atoms with Crippen LogP contribution in [0.4, 0.5) is 0 Å². The Bertz CT molecular complexity index is 666. The number of hydrogen-bond donors (Lipinski definition) is 1. The molecule has 1 aliphatic heterocycles. The van der Waals surface area contributed by atoms with Crippen molar-refractivity contribution < 1.29 is 19.4 Å². The summed E-state index contributed by atoms with van der Waals surface area (Å²) in [4.78, 5) is 14.5. The van der Waals surface area contributed by atoms with Gasteiger partial charge in [0, 0.05) is 25.0 Å². The number of morpholine rings is 1. The minimum Gasteiger partial charge on any atom is -0.461 e. The van der Waals surface area contributed by atoms with Gasteiger partial charge in [0.25, 0.3) is 0 Å². The highest BCUT2D eigenvalue weighted by Gasteiger charge is 2.38. The molecule has 4 atom stereocenters. The van der Waals surface area contributed by atoms with E-state index in [0.29, 0.717) is 36.1 Å². The molecule has 0 bridgehead atoms. The van der Waals surface area contributed by atoms with E-state index in [4.69, 9.17) is 32.7 Å². The lowest BCUT2D eigenvalue weighted by molar-refractivity contribution is 0.0195. The Labute approximate surface area is 176 Å². The summed E-state index contributed by atoms with van der Waals surface area (Å²) in [5.41, 5.74) is 1.44. The van der Waals surface area contributed by atoms with E-state index in [0.717, 1.165) is 44.7 Å². The Morgan fingerprint density at radius 1 is 1.36 bits per heavy atom. The molecule has 1 aromatic rings. The minimum atomic E-state index is -0.394. The highest BCUT2D eigenvalue weighted by atomic mass is 35.5. The third kappa shape index (κ3) is 5.61. The van der Waals surface area contributed by atoms with Gasteiger partial charge < -0.3 is 14.6 Å². The van der Waals surface area contributed by atoms with Crippen LogP contribution < -0.4 is 0 Å². The van der Waals surface area contributed by atoms with Gasteiger partial charge in [0.2, 0.25) is 0 Å². The zero-order valence-electron chi connectivity index (χ0n) is 16.3. The molecule has 1 N–H and O–H groups in total. The molecule has 0 amide bonds. The van der Waals surface area contributed by atoms with Crippen LogP contribution in [0.1, 0.15) is 35.7 Å². The molecule has 3 unspecified atom stereocenters. The maximum Gasteiger partial charge on any atom is 0.339 e. The second-order valence-electron chi connectivity index (χ2n) is 7.78.